The topological polar surface area (TPSA) is 58.8 Å². The average molecular weight is 333 g/mol. The Morgan fingerprint density at radius 3 is 2.58 bits per heavy atom. The van der Waals surface area contributed by atoms with Crippen LogP contribution in [-0.4, -0.2) is 44.2 Å². The van der Waals surface area contributed by atoms with Crippen LogP contribution in [0, 0.1) is 5.41 Å². The summed E-state index contributed by atoms with van der Waals surface area (Å²) >= 11 is 0. The highest BCUT2D eigenvalue weighted by molar-refractivity contribution is 5.81. The van der Waals surface area contributed by atoms with Crippen molar-refractivity contribution in [1.29, 1.82) is 0 Å². The van der Waals surface area contributed by atoms with Gasteiger partial charge in [-0.05, 0) is 36.6 Å². The second-order valence-electron chi connectivity index (χ2n) is 7.85. The van der Waals surface area contributed by atoms with Gasteiger partial charge in [0.15, 0.2) is 0 Å². The lowest BCUT2D eigenvalue weighted by Gasteiger charge is -2.32. The molecule has 1 aromatic rings. The minimum Gasteiger partial charge on any atom is -0.399 e. The number of nitrogens with two attached hydrogens (primary N) is 1. The van der Waals surface area contributed by atoms with Gasteiger partial charge in [-0.25, -0.2) is 0 Å². The molecular formula is C19H31N3O2. The molecular weight excluding hydrogens is 302 g/mol. The Morgan fingerprint density at radius 2 is 2.04 bits per heavy atom. The van der Waals surface area contributed by atoms with Crippen LogP contribution in [0.2, 0.25) is 0 Å². The second kappa shape index (κ2) is 7.43. The van der Waals surface area contributed by atoms with Gasteiger partial charge in [0, 0.05) is 50.6 Å². The summed E-state index contributed by atoms with van der Waals surface area (Å²) in [7, 11) is 4.01. The van der Waals surface area contributed by atoms with E-state index < -0.39 is 5.41 Å². The van der Waals surface area contributed by atoms with Crippen molar-refractivity contribution in [3.8, 4) is 0 Å². The van der Waals surface area contributed by atoms with E-state index in [4.69, 9.17) is 10.5 Å². The number of nitrogen functional groups attached to an aromatic ring is 1. The van der Waals surface area contributed by atoms with Gasteiger partial charge in [-0.3, -0.25) is 4.79 Å². The van der Waals surface area contributed by atoms with Crippen molar-refractivity contribution in [3.63, 3.8) is 0 Å². The molecule has 1 amide bonds. The first-order valence-electron chi connectivity index (χ1n) is 8.65. The summed E-state index contributed by atoms with van der Waals surface area (Å²) in [5.74, 6) is 0.144. The van der Waals surface area contributed by atoms with Gasteiger partial charge in [-0.15, -0.1) is 0 Å². The van der Waals surface area contributed by atoms with Gasteiger partial charge in [0.1, 0.15) is 0 Å². The summed E-state index contributed by atoms with van der Waals surface area (Å²) in [4.78, 5) is 16.9. The molecule has 0 spiro atoms. The van der Waals surface area contributed by atoms with E-state index in [2.05, 4.69) is 4.90 Å². The monoisotopic (exact) mass is 333 g/mol. The minimum atomic E-state index is -0.419. The van der Waals surface area contributed by atoms with Crippen LogP contribution >= 0.6 is 0 Å². The van der Waals surface area contributed by atoms with E-state index in [1.807, 2.05) is 58.0 Å². The number of hydrogen-bond acceptors (Lipinski definition) is 4. The SMILES string of the molecule is CN(C)c1ccc(N)cc1CN(C[C@H]1CCCO1)C(=O)C(C)(C)C. The Balaban J connectivity index is 2.27. The first kappa shape index (κ1) is 18.6. The van der Waals surface area contributed by atoms with Crippen LogP contribution in [0.3, 0.4) is 0 Å². The molecule has 1 aliphatic rings. The van der Waals surface area contributed by atoms with Crippen molar-refractivity contribution in [2.45, 2.75) is 46.3 Å². The summed E-state index contributed by atoms with van der Waals surface area (Å²) in [5.41, 5.74) is 8.43. The van der Waals surface area contributed by atoms with Gasteiger partial charge < -0.3 is 20.3 Å². The normalized spacial score (nSPS) is 17.8. The standard InChI is InChI=1S/C19H31N3O2/c1-19(2,3)18(23)22(13-16-7-6-10-24-16)12-14-11-15(20)8-9-17(14)21(4)5/h8-9,11,16H,6-7,10,12-13,20H2,1-5H3/t16-/m1/s1. The predicted octanol–water partition coefficient (Wildman–Crippen LogP) is 2.89. The molecule has 1 fully saturated rings. The van der Waals surface area contributed by atoms with E-state index >= 15 is 0 Å². The molecule has 2 N–H and O–H groups in total. The van der Waals surface area contributed by atoms with Gasteiger partial charge in [0.25, 0.3) is 0 Å². The third kappa shape index (κ3) is 4.63. The minimum absolute atomic E-state index is 0.139. The molecule has 5 nitrogen and oxygen atoms in total. The van der Waals surface area contributed by atoms with Crippen LogP contribution in [0.1, 0.15) is 39.2 Å². The Morgan fingerprint density at radius 1 is 1.33 bits per heavy atom. The van der Waals surface area contributed by atoms with E-state index in [-0.39, 0.29) is 12.0 Å². The molecule has 1 atom stereocenters. The summed E-state index contributed by atoms with van der Waals surface area (Å²) < 4.78 is 5.76. The fraction of sp³-hybridized carbons (Fsp3) is 0.632. The predicted molar refractivity (Wildman–Crippen MR) is 99.0 cm³/mol. The number of nitrogens with zero attached hydrogens (tertiary/aromatic N) is 2. The molecule has 0 aromatic heterocycles. The highest BCUT2D eigenvalue weighted by Gasteiger charge is 2.30. The number of rotatable bonds is 5. The van der Waals surface area contributed by atoms with Crippen molar-refractivity contribution in [2.75, 3.05) is 37.9 Å². The Kier molecular flexibility index (Phi) is 5.75. The van der Waals surface area contributed by atoms with E-state index in [9.17, 15) is 4.79 Å². The van der Waals surface area contributed by atoms with Crippen LogP contribution in [0.25, 0.3) is 0 Å². The highest BCUT2D eigenvalue weighted by atomic mass is 16.5. The quantitative estimate of drug-likeness (QED) is 0.842. The highest BCUT2D eigenvalue weighted by Crippen LogP contribution is 2.27. The lowest BCUT2D eigenvalue weighted by atomic mass is 9.94. The molecule has 1 heterocycles. The van der Waals surface area contributed by atoms with Gasteiger partial charge in [-0.1, -0.05) is 20.8 Å². The molecule has 1 aromatic carbocycles. The molecule has 2 rings (SSSR count). The van der Waals surface area contributed by atoms with Crippen molar-refractivity contribution < 1.29 is 9.53 Å². The molecule has 134 valence electrons. The number of carbonyl (C=O) groups is 1. The summed E-state index contributed by atoms with van der Waals surface area (Å²) in [5, 5.41) is 0. The van der Waals surface area contributed by atoms with Crippen molar-refractivity contribution in [1.82, 2.24) is 4.90 Å². The first-order chi connectivity index (χ1) is 11.2. The Labute approximate surface area is 145 Å². The number of hydrogen-bond donors (Lipinski definition) is 1. The van der Waals surface area contributed by atoms with Gasteiger partial charge in [0.2, 0.25) is 5.91 Å². The van der Waals surface area contributed by atoms with Crippen molar-refractivity contribution in [3.05, 3.63) is 23.8 Å². The number of benzene rings is 1. The molecule has 0 unspecified atom stereocenters. The summed E-state index contributed by atoms with van der Waals surface area (Å²) in [6.07, 6.45) is 2.23. The number of amides is 1. The van der Waals surface area contributed by atoms with E-state index in [1.165, 1.54) is 0 Å². The maximum atomic E-state index is 12.9. The van der Waals surface area contributed by atoms with E-state index in [0.717, 1.165) is 36.4 Å². The lowest BCUT2D eigenvalue weighted by Crippen LogP contribution is -2.43. The number of carbonyl (C=O) groups excluding carboxylic acids is 1. The first-order valence-corrected chi connectivity index (χ1v) is 8.65. The Hall–Kier alpha value is -1.75. The van der Waals surface area contributed by atoms with Crippen LogP contribution in [0.5, 0.6) is 0 Å². The lowest BCUT2D eigenvalue weighted by molar-refractivity contribution is -0.141. The molecule has 1 saturated heterocycles. The zero-order valence-electron chi connectivity index (χ0n) is 15.6. The number of anilines is 2. The van der Waals surface area contributed by atoms with Crippen molar-refractivity contribution >= 4 is 17.3 Å². The summed E-state index contributed by atoms with van der Waals surface area (Å²) in [6.45, 7) is 7.87. The zero-order chi connectivity index (χ0) is 17.9. The Bertz CT molecular complexity index is 572. The second-order valence-corrected chi connectivity index (χ2v) is 7.85. The van der Waals surface area contributed by atoms with Gasteiger partial charge in [-0.2, -0.15) is 0 Å². The van der Waals surface area contributed by atoms with E-state index in [0.29, 0.717) is 13.1 Å². The maximum Gasteiger partial charge on any atom is 0.228 e. The van der Waals surface area contributed by atoms with Crippen LogP contribution in [0.15, 0.2) is 18.2 Å². The van der Waals surface area contributed by atoms with Crippen LogP contribution in [0.4, 0.5) is 11.4 Å². The fourth-order valence-corrected chi connectivity index (χ4v) is 3.10. The summed E-state index contributed by atoms with van der Waals surface area (Å²) in [6, 6.07) is 5.87. The zero-order valence-corrected chi connectivity index (χ0v) is 15.6. The molecule has 0 radical (unpaired) electrons. The molecule has 1 aliphatic heterocycles. The van der Waals surface area contributed by atoms with Gasteiger partial charge >= 0.3 is 0 Å². The third-order valence-corrected chi connectivity index (χ3v) is 4.32. The fourth-order valence-electron chi connectivity index (χ4n) is 3.10. The molecule has 0 aliphatic carbocycles. The van der Waals surface area contributed by atoms with E-state index in [1.54, 1.807) is 0 Å². The smallest absolute Gasteiger partial charge is 0.228 e. The largest absolute Gasteiger partial charge is 0.399 e. The average Bonchev–Trinajstić information content (AvgIpc) is 2.97. The van der Waals surface area contributed by atoms with Crippen molar-refractivity contribution in [2.24, 2.45) is 5.41 Å². The molecule has 0 saturated carbocycles. The van der Waals surface area contributed by atoms with Crippen LogP contribution < -0.4 is 10.6 Å². The molecule has 24 heavy (non-hydrogen) atoms. The maximum absolute atomic E-state index is 12.9. The molecule has 0 bridgehead atoms. The number of ether oxygens (including phenoxy) is 1. The van der Waals surface area contributed by atoms with Crippen LogP contribution in [-0.2, 0) is 16.1 Å². The third-order valence-electron chi connectivity index (χ3n) is 4.32. The van der Waals surface area contributed by atoms with Gasteiger partial charge in [0.05, 0.1) is 6.10 Å². The molecule has 5 heteroatoms.